The second-order valence-corrected chi connectivity index (χ2v) is 2.76. The number of carboxylic acids is 1. The topological polar surface area (TPSA) is 73.1 Å². The molecule has 1 heterocycles. The van der Waals surface area contributed by atoms with Gasteiger partial charge < -0.3 is 10.4 Å². The fourth-order valence-electron chi connectivity index (χ4n) is 1.28. The quantitative estimate of drug-likeness (QED) is 0.585. The average molecular weight is 154 g/mol. The number of carbonyl (C=O) groups is 1. The van der Waals surface area contributed by atoms with Crippen molar-refractivity contribution >= 4 is 5.97 Å². The van der Waals surface area contributed by atoms with E-state index in [0.717, 1.165) is 0 Å². The van der Waals surface area contributed by atoms with Gasteiger partial charge in [-0.25, -0.2) is 0 Å². The van der Waals surface area contributed by atoms with E-state index in [4.69, 9.17) is 10.4 Å². The minimum absolute atomic E-state index is 0.223. The van der Waals surface area contributed by atoms with Crippen LogP contribution in [0.2, 0.25) is 0 Å². The van der Waals surface area contributed by atoms with Crippen LogP contribution in [0.5, 0.6) is 0 Å². The standard InChI is InChI=1S/C7H10N2O2/c8-2-1-5-3-6(7(10)11)9-4-5/h5-6,9H,1,3-4H2,(H,10,11). The van der Waals surface area contributed by atoms with E-state index in [1.165, 1.54) is 0 Å². The van der Waals surface area contributed by atoms with Crippen LogP contribution in [0, 0.1) is 17.2 Å². The highest BCUT2D eigenvalue weighted by Crippen LogP contribution is 2.16. The van der Waals surface area contributed by atoms with Crippen molar-refractivity contribution in [3.63, 3.8) is 0 Å². The molecule has 2 N–H and O–H groups in total. The molecule has 1 aliphatic heterocycles. The van der Waals surface area contributed by atoms with E-state index in [9.17, 15) is 4.79 Å². The van der Waals surface area contributed by atoms with Crippen molar-refractivity contribution < 1.29 is 9.90 Å². The first-order valence-corrected chi connectivity index (χ1v) is 3.57. The van der Waals surface area contributed by atoms with Crippen molar-refractivity contribution in [2.75, 3.05) is 6.54 Å². The predicted octanol–water partition coefficient (Wildman–Crippen LogP) is -0.0372. The highest BCUT2D eigenvalue weighted by atomic mass is 16.4. The van der Waals surface area contributed by atoms with Gasteiger partial charge in [0.25, 0.3) is 0 Å². The lowest BCUT2D eigenvalue weighted by Gasteiger charge is -2.01. The van der Waals surface area contributed by atoms with Gasteiger partial charge in [-0.05, 0) is 18.9 Å². The Morgan fingerprint density at radius 2 is 2.55 bits per heavy atom. The van der Waals surface area contributed by atoms with Gasteiger partial charge in [-0.1, -0.05) is 0 Å². The number of nitriles is 1. The number of hydrogen-bond donors (Lipinski definition) is 2. The molecule has 1 fully saturated rings. The average Bonchev–Trinajstić information content (AvgIpc) is 2.37. The lowest BCUT2D eigenvalue weighted by molar-refractivity contribution is -0.139. The SMILES string of the molecule is N#CCC1CNC(C(=O)O)C1. The summed E-state index contributed by atoms with van der Waals surface area (Å²) in [4.78, 5) is 10.4. The molecular formula is C7H10N2O2. The minimum Gasteiger partial charge on any atom is -0.480 e. The van der Waals surface area contributed by atoms with Crippen LogP contribution in [-0.2, 0) is 4.79 Å². The highest BCUT2D eigenvalue weighted by molar-refractivity contribution is 5.73. The number of aliphatic carboxylic acids is 1. The Morgan fingerprint density at radius 1 is 1.82 bits per heavy atom. The lowest BCUT2D eigenvalue weighted by Crippen LogP contribution is -2.29. The summed E-state index contributed by atoms with van der Waals surface area (Å²) in [5, 5.41) is 19.7. The van der Waals surface area contributed by atoms with Crippen LogP contribution < -0.4 is 5.32 Å². The van der Waals surface area contributed by atoms with E-state index in [-0.39, 0.29) is 5.92 Å². The van der Waals surface area contributed by atoms with Crippen molar-refractivity contribution in [3.05, 3.63) is 0 Å². The van der Waals surface area contributed by atoms with Crippen molar-refractivity contribution in [1.82, 2.24) is 5.32 Å². The summed E-state index contributed by atoms with van der Waals surface area (Å²) in [5.41, 5.74) is 0. The lowest BCUT2D eigenvalue weighted by atomic mass is 10.0. The first-order valence-electron chi connectivity index (χ1n) is 3.57. The van der Waals surface area contributed by atoms with Gasteiger partial charge in [-0.3, -0.25) is 4.79 Å². The first-order chi connectivity index (χ1) is 5.24. The van der Waals surface area contributed by atoms with Gasteiger partial charge in [0.15, 0.2) is 0 Å². The Kier molecular flexibility index (Phi) is 2.44. The van der Waals surface area contributed by atoms with Gasteiger partial charge in [0.1, 0.15) is 6.04 Å². The molecular weight excluding hydrogens is 144 g/mol. The maximum atomic E-state index is 10.4. The summed E-state index contributed by atoms with van der Waals surface area (Å²) < 4.78 is 0. The zero-order chi connectivity index (χ0) is 8.27. The van der Waals surface area contributed by atoms with Gasteiger partial charge in [0, 0.05) is 6.42 Å². The van der Waals surface area contributed by atoms with Crippen LogP contribution in [0.25, 0.3) is 0 Å². The van der Waals surface area contributed by atoms with Crippen molar-refractivity contribution in [2.45, 2.75) is 18.9 Å². The molecule has 0 aliphatic carbocycles. The van der Waals surface area contributed by atoms with Crippen LogP contribution in [0.3, 0.4) is 0 Å². The normalized spacial score (nSPS) is 29.7. The first kappa shape index (κ1) is 8.02. The number of hydrogen-bond acceptors (Lipinski definition) is 3. The van der Waals surface area contributed by atoms with Crippen LogP contribution in [0.1, 0.15) is 12.8 Å². The van der Waals surface area contributed by atoms with E-state index in [2.05, 4.69) is 5.32 Å². The molecule has 0 bridgehead atoms. The molecule has 1 saturated heterocycles. The third kappa shape index (κ3) is 1.92. The van der Waals surface area contributed by atoms with Crippen LogP contribution in [0.15, 0.2) is 0 Å². The molecule has 1 rings (SSSR count). The van der Waals surface area contributed by atoms with Gasteiger partial charge in [0.2, 0.25) is 0 Å². The maximum absolute atomic E-state index is 10.4. The molecule has 0 saturated carbocycles. The molecule has 2 unspecified atom stereocenters. The monoisotopic (exact) mass is 154 g/mol. The van der Waals surface area contributed by atoms with Crippen LogP contribution in [0.4, 0.5) is 0 Å². The Labute approximate surface area is 64.8 Å². The molecule has 0 amide bonds. The molecule has 4 nitrogen and oxygen atoms in total. The molecule has 0 aromatic carbocycles. The number of rotatable bonds is 2. The predicted molar refractivity (Wildman–Crippen MR) is 37.8 cm³/mol. The number of carboxylic acid groups (broad SMARTS) is 1. The Hall–Kier alpha value is -1.08. The Morgan fingerprint density at radius 3 is 3.00 bits per heavy atom. The van der Waals surface area contributed by atoms with E-state index < -0.39 is 12.0 Å². The smallest absolute Gasteiger partial charge is 0.320 e. The summed E-state index contributed by atoms with van der Waals surface area (Å²) in [7, 11) is 0. The third-order valence-electron chi connectivity index (χ3n) is 1.90. The van der Waals surface area contributed by atoms with Crippen LogP contribution >= 0.6 is 0 Å². The fourth-order valence-corrected chi connectivity index (χ4v) is 1.28. The summed E-state index contributed by atoms with van der Waals surface area (Å²) in [6.45, 7) is 0.657. The van der Waals surface area contributed by atoms with Crippen molar-refractivity contribution in [1.29, 1.82) is 5.26 Å². The Bertz CT molecular complexity index is 197. The molecule has 60 valence electrons. The van der Waals surface area contributed by atoms with E-state index in [1.807, 2.05) is 6.07 Å². The molecule has 11 heavy (non-hydrogen) atoms. The zero-order valence-electron chi connectivity index (χ0n) is 6.08. The summed E-state index contributed by atoms with van der Waals surface area (Å²) in [6, 6.07) is 1.60. The van der Waals surface area contributed by atoms with E-state index >= 15 is 0 Å². The molecule has 2 atom stereocenters. The Balaban J connectivity index is 2.36. The summed E-state index contributed by atoms with van der Waals surface area (Å²) in [5.74, 6) is -0.591. The minimum atomic E-state index is -0.814. The van der Waals surface area contributed by atoms with Gasteiger partial charge in [-0.2, -0.15) is 5.26 Å². The summed E-state index contributed by atoms with van der Waals surface area (Å²) in [6.07, 6.45) is 1.04. The van der Waals surface area contributed by atoms with Crippen molar-refractivity contribution in [2.24, 2.45) is 5.92 Å². The molecule has 0 aromatic rings. The number of nitrogens with one attached hydrogen (secondary N) is 1. The molecule has 0 aromatic heterocycles. The maximum Gasteiger partial charge on any atom is 0.320 e. The second-order valence-electron chi connectivity index (χ2n) is 2.76. The molecule has 0 spiro atoms. The fraction of sp³-hybridized carbons (Fsp3) is 0.714. The molecule has 0 radical (unpaired) electrons. The van der Waals surface area contributed by atoms with Gasteiger partial charge in [-0.15, -0.1) is 0 Å². The summed E-state index contributed by atoms with van der Waals surface area (Å²) >= 11 is 0. The molecule has 1 aliphatic rings. The van der Waals surface area contributed by atoms with Crippen LogP contribution in [-0.4, -0.2) is 23.7 Å². The van der Waals surface area contributed by atoms with E-state index in [1.54, 1.807) is 0 Å². The van der Waals surface area contributed by atoms with E-state index in [0.29, 0.717) is 19.4 Å². The highest BCUT2D eigenvalue weighted by Gasteiger charge is 2.28. The van der Waals surface area contributed by atoms with Crippen molar-refractivity contribution in [3.8, 4) is 6.07 Å². The largest absolute Gasteiger partial charge is 0.480 e. The number of nitrogens with zero attached hydrogens (tertiary/aromatic N) is 1. The zero-order valence-corrected chi connectivity index (χ0v) is 6.08. The molecule has 4 heteroatoms. The third-order valence-corrected chi connectivity index (χ3v) is 1.90. The van der Waals surface area contributed by atoms with Gasteiger partial charge >= 0.3 is 5.97 Å². The van der Waals surface area contributed by atoms with Gasteiger partial charge in [0.05, 0.1) is 6.07 Å². The second kappa shape index (κ2) is 3.35.